The standard InChI is InChI=1S/C24H27ClN4O3/c1-4-32-22-18(25)12-17(14-20(22)31-3)24(30)26-19-13-16(10-9-15(19)2)23-28-27-21-8-6-5-7-11-29(21)23/h9-10,12-14H,4-8,11H2,1-3H3,(H,26,30). The molecule has 1 aliphatic heterocycles. The van der Waals surface area contributed by atoms with Gasteiger partial charge in [-0.05, 0) is 50.5 Å². The number of nitrogens with zero attached hydrogens (tertiary/aromatic N) is 3. The zero-order valence-corrected chi connectivity index (χ0v) is 19.3. The minimum absolute atomic E-state index is 0.284. The Balaban J connectivity index is 1.63. The van der Waals surface area contributed by atoms with Crippen LogP contribution in [0, 0.1) is 6.92 Å². The van der Waals surface area contributed by atoms with Crippen LogP contribution in [0.15, 0.2) is 30.3 Å². The Morgan fingerprint density at radius 3 is 2.81 bits per heavy atom. The zero-order chi connectivity index (χ0) is 22.7. The van der Waals surface area contributed by atoms with Gasteiger partial charge in [0.2, 0.25) is 0 Å². The first kappa shape index (κ1) is 22.1. The van der Waals surface area contributed by atoms with Crippen molar-refractivity contribution in [3.8, 4) is 22.9 Å². The van der Waals surface area contributed by atoms with Crippen LogP contribution in [-0.4, -0.2) is 34.4 Å². The van der Waals surface area contributed by atoms with E-state index in [1.165, 1.54) is 13.5 Å². The molecule has 0 atom stereocenters. The van der Waals surface area contributed by atoms with Gasteiger partial charge in [0.15, 0.2) is 17.3 Å². The molecule has 0 aliphatic carbocycles. The highest BCUT2D eigenvalue weighted by Crippen LogP contribution is 2.37. The molecule has 1 aromatic heterocycles. The Morgan fingerprint density at radius 1 is 1.19 bits per heavy atom. The van der Waals surface area contributed by atoms with E-state index in [1.807, 2.05) is 32.0 Å². The number of amides is 1. The zero-order valence-electron chi connectivity index (χ0n) is 18.6. The lowest BCUT2D eigenvalue weighted by Crippen LogP contribution is -2.13. The molecule has 32 heavy (non-hydrogen) atoms. The topological polar surface area (TPSA) is 78.3 Å². The third-order valence-electron chi connectivity index (χ3n) is 5.63. The second kappa shape index (κ2) is 9.61. The molecule has 168 valence electrons. The number of rotatable bonds is 6. The molecule has 1 aliphatic rings. The van der Waals surface area contributed by atoms with E-state index in [1.54, 1.807) is 12.1 Å². The Kier molecular flexibility index (Phi) is 6.65. The van der Waals surface area contributed by atoms with Crippen LogP contribution in [0.25, 0.3) is 11.4 Å². The predicted molar refractivity (Wildman–Crippen MR) is 125 cm³/mol. The van der Waals surface area contributed by atoms with Gasteiger partial charge in [0.25, 0.3) is 5.91 Å². The molecule has 1 amide bonds. The number of aryl methyl sites for hydroxylation is 2. The fourth-order valence-corrected chi connectivity index (χ4v) is 4.19. The fourth-order valence-electron chi connectivity index (χ4n) is 3.92. The second-order valence-electron chi connectivity index (χ2n) is 7.81. The molecule has 0 radical (unpaired) electrons. The summed E-state index contributed by atoms with van der Waals surface area (Å²) in [7, 11) is 1.52. The largest absolute Gasteiger partial charge is 0.493 e. The number of hydrogen-bond acceptors (Lipinski definition) is 5. The first-order valence-electron chi connectivity index (χ1n) is 10.9. The number of hydrogen-bond donors (Lipinski definition) is 1. The molecule has 3 aromatic rings. The van der Waals surface area contributed by atoms with E-state index in [4.69, 9.17) is 21.1 Å². The number of carbonyl (C=O) groups excluding carboxylic acids is 1. The highest BCUT2D eigenvalue weighted by atomic mass is 35.5. The molecule has 0 spiro atoms. The number of ether oxygens (including phenoxy) is 2. The van der Waals surface area contributed by atoms with E-state index in [2.05, 4.69) is 20.1 Å². The Morgan fingerprint density at radius 2 is 2.03 bits per heavy atom. The molecule has 1 N–H and O–H groups in total. The summed E-state index contributed by atoms with van der Waals surface area (Å²) >= 11 is 6.34. The lowest BCUT2D eigenvalue weighted by Gasteiger charge is -2.14. The first-order valence-corrected chi connectivity index (χ1v) is 11.2. The summed E-state index contributed by atoms with van der Waals surface area (Å²) in [5, 5.41) is 12.1. The number of carbonyl (C=O) groups is 1. The van der Waals surface area contributed by atoms with Gasteiger partial charge < -0.3 is 19.4 Å². The second-order valence-corrected chi connectivity index (χ2v) is 8.22. The maximum atomic E-state index is 13.0. The fraction of sp³-hybridized carbons (Fsp3) is 0.375. The van der Waals surface area contributed by atoms with Gasteiger partial charge in [-0.1, -0.05) is 30.2 Å². The van der Waals surface area contributed by atoms with Crippen LogP contribution in [0.3, 0.4) is 0 Å². The van der Waals surface area contributed by atoms with Crippen LogP contribution in [0.5, 0.6) is 11.5 Å². The molecule has 0 unspecified atom stereocenters. The quantitative estimate of drug-likeness (QED) is 0.547. The third kappa shape index (κ3) is 4.43. The van der Waals surface area contributed by atoms with Crippen LogP contribution in [-0.2, 0) is 13.0 Å². The third-order valence-corrected chi connectivity index (χ3v) is 5.91. The van der Waals surface area contributed by atoms with E-state index in [0.29, 0.717) is 34.4 Å². The van der Waals surface area contributed by atoms with Crippen molar-refractivity contribution in [2.45, 2.75) is 46.1 Å². The van der Waals surface area contributed by atoms with Crippen LogP contribution >= 0.6 is 11.6 Å². The summed E-state index contributed by atoms with van der Waals surface area (Å²) < 4.78 is 13.1. The van der Waals surface area contributed by atoms with Crippen molar-refractivity contribution >= 4 is 23.2 Å². The summed E-state index contributed by atoms with van der Waals surface area (Å²) in [6, 6.07) is 9.16. The molecule has 0 saturated carbocycles. The van der Waals surface area contributed by atoms with E-state index >= 15 is 0 Å². The SMILES string of the molecule is CCOc1c(Cl)cc(C(=O)Nc2cc(-c3nnc4n3CCCCC4)ccc2C)cc1OC. The van der Waals surface area contributed by atoms with Crippen LogP contribution in [0.1, 0.15) is 47.9 Å². The lowest BCUT2D eigenvalue weighted by molar-refractivity contribution is 0.102. The Bertz CT molecular complexity index is 1140. The Hall–Kier alpha value is -3.06. The number of fused-ring (bicyclic) bond motifs is 1. The molecule has 2 aromatic carbocycles. The number of aromatic nitrogens is 3. The number of nitrogens with one attached hydrogen (secondary N) is 1. The van der Waals surface area contributed by atoms with E-state index < -0.39 is 0 Å². The summed E-state index contributed by atoms with van der Waals surface area (Å²) in [5.74, 6) is 2.43. The number of halogens is 1. The summed E-state index contributed by atoms with van der Waals surface area (Å²) in [5.41, 5.74) is 2.97. The van der Waals surface area contributed by atoms with Crippen molar-refractivity contribution in [1.29, 1.82) is 0 Å². The van der Waals surface area contributed by atoms with Gasteiger partial charge in [0.05, 0.1) is 18.7 Å². The Labute approximate surface area is 192 Å². The van der Waals surface area contributed by atoms with Crippen molar-refractivity contribution in [2.24, 2.45) is 0 Å². The molecular weight excluding hydrogens is 428 g/mol. The van der Waals surface area contributed by atoms with Gasteiger partial charge in [-0.15, -0.1) is 10.2 Å². The maximum Gasteiger partial charge on any atom is 0.255 e. The summed E-state index contributed by atoms with van der Waals surface area (Å²) in [6.07, 6.45) is 4.41. The smallest absolute Gasteiger partial charge is 0.255 e. The van der Waals surface area contributed by atoms with E-state index in [9.17, 15) is 4.79 Å². The van der Waals surface area contributed by atoms with Crippen molar-refractivity contribution in [3.05, 3.63) is 52.3 Å². The van der Waals surface area contributed by atoms with Gasteiger partial charge in [-0.2, -0.15) is 0 Å². The molecule has 4 rings (SSSR count). The normalized spacial score (nSPS) is 13.2. The maximum absolute atomic E-state index is 13.0. The van der Waals surface area contributed by atoms with Gasteiger partial charge in [0.1, 0.15) is 5.82 Å². The number of anilines is 1. The van der Waals surface area contributed by atoms with Crippen molar-refractivity contribution in [1.82, 2.24) is 14.8 Å². The van der Waals surface area contributed by atoms with Crippen LogP contribution < -0.4 is 14.8 Å². The van der Waals surface area contributed by atoms with Gasteiger partial charge in [-0.3, -0.25) is 4.79 Å². The predicted octanol–water partition coefficient (Wildman–Crippen LogP) is 5.29. The first-order chi connectivity index (χ1) is 15.5. The van der Waals surface area contributed by atoms with Crippen molar-refractivity contribution in [2.75, 3.05) is 19.0 Å². The summed E-state index contributed by atoms with van der Waals surface area (Å²) in [4.78, 5) is 13.0. The molecular formula is C24H27ClN4O3. The van der Waals surface area contributed by atoms with E-state index in [-0.39, 0.29) is 5.91 Å². The minimum atomic E-state index is -0.284. The highest BCUT2D eigenvalue weighted by molar-refractivity contribution is 6.32. The molecule has 0 fully saturated rings. The van der Waals surface area contributed by atoms with Gasteiger partial charge in [-0.25, -0.2) is 0 Å². The minimum Gasteiger partial charge on any atom is -0.493 e. The van der Waals surface area contributed by atoms with Gasteiger partial charge in [0, 0.05) is 29.8 Å². The molecule has 0 bridgehead atoms. The summed E-state index contributed by atoms with van der Waals surface area (Å²) in [6.45, 7) is 5.17. The van der Waals surface area contributed by atoms with Crippen molar-refractivity contribution < 1.29 is 14.3 Å². The highest BCUT2D eigenvalue weighted by Gasteiger charge is 2.19. The number of methoxy groups -OCH3 is 1. The van der Waals surface area contributed by atoms with Gasteiger partial charge >= 0.3 is 0 Å². The number of benzene rings is 2. The van der Waals surface area contributed by atoms with E-state index in [0.717, 1.165) is 48.6 Å². The lowest BCUT2D eigenvalue weighted by atomic mass is 10.1. The monoisotopic (exact) mass is 454 g/mol. The average molecular weight is 455 g/mol. The molecule has 0 saturated heterocycles. The molecule has 8 heteroatoms. The average Bonchev–Trinajstić information content (AvgIpc) is 3.04. The molecule has 2 heterocycles. The molecule has 7 nitrogen and oxygen atoms in total. The van der Waals surface area contributed by atoms with Crippen molar-refractivity contribution in [3.63, 3.8) is 0 Å². The van der Waals surface area contributed by atoms with Crippen LogP contribution in [0.2, 0.25) is 5.02 Å². The van der Waals surface area contributed by atoms with Crippen LogP contribution in [0.4, 0.5) is 5.69 Å².